The van der Waals surface area contributed by atoms with Gasteiger partial charge in [-0.25, -0.2) is 0 Å². The van der Waals surface area contributed by atoms with Crippen molar-refractivity contribution in [1.29, 1.82) is 0 Å². The van der Waals surface area contributed by atoms with Gasteiger partial charge in [-0.2, -0.15) is 0 Å². The van der Waals surface area contributed by atoms with Crippen LogP contribution in [-0.2, 0) is 4.79 Å². The fraction of sp³-hybridized carbons (Fsp3) is 0.963. The highest BCUT2D eigenvalue weighted by atomic mass is 16.4. The van der Waals surface area contributed by atoms with Crippen LogP contribution >= 0.6 is 0 Å². The average Bonchev–Trinajstić information content (AvgIpc) is 3.02. The minimum atomic E-state index is -0.977. The fourth-order valence-electron chi connectivity index (χ4n) is 9.31. The smallest absolute Gasteiger partial charge is 0.308 e. The Balaban J connectivity index is 1.51. The van der Waals surface area contributed by atoms with E-state index < -0.39 is 24.1 Å². The van der Waals surface area contributed by atoms with Gasteiger partial charge >= 0.3 is 5.97 Å². The predicted molar refractivity (Wildman–Crippen MR) is 125 cm³/mol. The summed E-state index contributed by atoms with van der Waals surface area (Å²) in [6, 6.07) is 0. The Morgan fingerprint density at radius 1 is 0.909 bits per heavy atom. The standard InChI is InChI=1S/C27H46O6/c1-14(5-6-20(29)15(2)25(32)33)24-22(31)13-19-23-18(8-10-27(19,24)4)26(3)9-7-17(28)11-16(26)12-21(23)30/h14-24,28-31H,5-13H2,1-4H3,(H,32,33)/t14-,15?,16+,17-,18+,19+,20-,21-,22-,23-,24+,26+,27+/m1/s1. The van der Waals surface area contributed by atoms with Crippen LogP contribution in [0.4, 0.5) is 0 Å². The highest BCUT2D eigenvalue weighted by Crippen LogP contribution is 2.68. The Morgan fingerprint density at radius 3 is 2.24 bits per heavy atom. The topological polar surface area (TPSA) is 118 Å². The van der Waals surface area contributed by atoms with Crippen LogP contribution in [0.25, 0.3) is 0 Å². The molecule has 0 heterocycles. The lowest BCUT2D eigenvalue weighted by molar-refractivity contribution is -0.174. The van der Waals surface area contributed by atoms with Crippen molar-refractivity contribution in [2.24, 2.45) is 52.3 Å². The monoisotopic (exact) mass is 466 g/mol. The molecular formula is C27H46O6. The van der Waals surface area contributed by atoms with Gasteiger partial charge in [0.1, 0.15) is 0 Å². The molecule has 0 aromatic heterocycles. The summed E-state index contributed by atoms with van der Waals surface area (Å²) < 4.78 is 0. The van der Waals surface area contributed by atoms with Crippen LogP contribution in [0, 0.1) is 52.3 Å². The Labute approximate surface area is 198 Å². The Morgan fingerprint density at radius 2 is 1.58 bits per heavy atom. The van der Waals surface area contributed by atoms with Gasteiger partial charge in [-0.15, -0.1) is 0 Å². The molecule has 5 N–H and O–H groups in total. The summed E-state index contributed by atoms with van der Waals surface area (Å²) in [5.74, 6) is -0.195. The molecule has 6 heteroatoms. The summed E-state index contributed by atoms with van der Waals surface area (Å²) in [7, 11) is 0. The van der Waals surface area contributed by atoms with Crippen LogP contribution in [0.5, 0.6) is 0 Å². The average molecular weight is 467 g/mol. The highest BCUT2D eigenvalue weighted by Gasteiger charge is 2.64. The van der Waals surface area contributed by atoms with Crippen LogP contribution in [0.2, 0.25) is 0 Å². The molecule has 6 nitrogen and oxygen atoms in total. The molecule has 4 aliphatic carbocycles. The van der Waals surface area contributed by atoms with E-state index in [-0.39, 0.29) is 46.7 Å². The van der Waals surface area contributed by atoms with Gasteiger partial charge in [0, 0.05) is 0 Å². The zero-order chi connectivity index (χ0) is 24.3. The first kappa shape index (κ1) is 25.4. The Bertz CT molecular complexity index is 727. The number of carboxylic acid groups (broad SMARTS) is 1. The Kier molecular flexibility index (Phi) is 6.98. The third kappa shape index (κ3) is 4.17. The van der Waals surface area contributed by atoms with E-state index in [0.717, 1.165) is 44.9 Å². The van der Waals surface area contributed by atoms with Crippen molar-refractivity contribution >= 4 is 5.97 Å². The van der Waals surface area contributed by atoms with Gasteiger partial charge in [0.2, 0.25) is 0 Å². The number of fused-ring (bicyclic) bond motifs is 5. The minimum Gasteiger partial charge on any atom is -0.481 e. The fourth-order valence-corrected chi connectivity index (χ4v) is 9.31. The summed E-state index contributed by atoms with van der Waals surface area (Å²) in [5, 5.41) is 52.3. The second-order valence-corrected chi connectivity index (χ2v) is 12.8. The van der Waals surface area contributed by atoms with Crippen molar-refractivity contribution in [2.75, 3.05) is 0 Å². The van der Waals surface area contributed by atoms with Gasteiger partial charge in [0.25, 0.3) is 0 Å². The summed E-state index contributed by atoms with van der Waals surface area (Å²) in [6.07, 6.45) is 5.48. The van der Waals surface area contributed by atoms with Crippen LogP contribution in [0.15, 0.2) is 0 Å². The zero-order valence-corrected chi connectivity index (χ0v) is 20.9. The second-order valence-electron chi connectivity index (χ2n) is 12.8. The van der Waals surface area contributed by atoms with Crippen molar-refractivity contribution in [3.63, 3.8) is 0 Å². The number of aliphatic hydroxyl groups is 4. The van der Waals surface area contributed by atoms with Gasteiger partial charge in [0.05, 0.1) is 30.3 Å². The number of hydrogen-bond acceptors (Lipinski definition) is 5. The van der Waals surface area contributed by atoms with Crippen LogP contribution in [0.1, 0.15) is 85.5 Å². The molecule has 0 aromatic carbocycles. The van der Waals surface area contributed by atoms with Crippen molar-refractivity contribution in [3.05, 3.63) is 0 Å². The molecule has 4 saturated carbocycles. The number of carbonyl (C=O) groups is 1. The normalized spacial score (nSPS) is 49.9. The molecule has 33 heavy (non-hydrogen) atoms. The van der Waals surface area contributed by atoms with E-state index in [4.69, 9.17) is 0 Å². The second kappa shape index (κ2) is 9.07. The molecule has 0 saturated heterocycles. The van der Waals surface area contributed by atoms with Crippen LogP contribution in [0.3, 0.4) is 0 Å². The maximum atomic E-state index is 11.4. The first-order valence-corrected chi connectivity index (χ1v) is 13.3. The van der Waals surface area contributed by atoms with E-state index in [2.05, 4.69) is 20.8 Å². The zero-order valence-electron chi connectivity index (χ0n) is 20.9. The van der Waals surface area contributed by atoms with Crippen LogP contribution < -0.4 is 0 Å². The Hall–Kier alpha value is -0.690. The molecule has 4 fully saturated rings. The number of rotatable bonds is 6. The summed E-state index contributed by atoms with van der Waals surface area (Å²) >= 11 is 0. The lowest BCUT2D eigenvalue weighted by Gasteiger charge is -2.62. The van der Waals surface area contributed by atoms with Gasteiger partial charge < -0.3 is 25.5 Å². The summed E-state index contributed by atoms with van der Waals surface area (Å²) in [4.78, 5) is 11.2. The minimum absolute atomic E-state index is 0.0538. The molecule has 0 radical (unpaired) electrons. The van der Waals surface area contributed by atoms with Gasteiger partial charge in [-0.3, -0.25) is 4.79 Å². The number of aliphatic hydroxyl groups excluding tert-OH is 4. The molecule has 0 spiro atoms. The van der Waals surface area contributed by atoms with E-state index in [1.807, 2.05) is 0 Å². The van der Waals surface area contributed by atoms with E-state index in [9.17, 15) is 30.3 Å². The predicted octanol–water partition coefficient (Wildman–Crippen LogP) is 3.45. The molecule has 13 atom stereocenters. The quantitative estimate of drug-likeness (QED) is 0.409. The molecule has 1 unspecified atom stereocenters. The molecule has 4 rings (SSSR count). The van der Waals surface area contributed by atoms with Crippen LogP contribution in [-0.4, -0.2) is 55.9 Å². The van der Waals surface area contributed by atoms with Crippen molar-refractivity contribution in [1.82, 2.24) is 0 Å². The first-order chi connectivity index (χ1) is 15.4. The van der Waals surface area contributed by atoms with E-state index >= 15 is 0 Å². The molecule has 0 aromatic rings. The van der Waals surface area contributed by atoms with E-state index in [0.29, 0.717) is 24.7 Å². The van der Waals surface area contributed by atoms with E-state index in [1.54, 1.807) is 6.92 Å². The van der Waals surface area contributed by atoms with Crippen molar-refractivity contribution in [2.45, 2.75) is 110 Å². The number of hydrogen-bond donors (Lipinski definition) is 5. The molecule has 190 valence electrons. The third-order valence-corrected chi connectivity index (χ3v) is 11.3. The largest absolute Gasteiger partial charge is 0.481 e. The summed E-state index contributed by atoms with van der Waals surface area (Å²) in [6.45, 7) is 8.39. The van der Waals surface area contributed by atoms with E-state index in [1.165, 1.54) is 0 Å². The van der Waals surface area contributed by atoms with Gasteiger partial charge in [0.15, 0.2) is 0 Å². The van der Waals surface area contributed by atoms with Crippen molar-refractivity contribution < 1.29 is 30.3 Å². The number of carboxylic acids is 1. The maximum Gasteiger partial charge on any atom is 0.308 e. The lowest BCUT2D eigenvalue weighted by Crippen LogP contribution is -2.58. The summed E-state index contributed by atoms with van der Waals surface area (Å²) in [5.41, 5.74) is 0.109. The third-order valence-electron chi connectivity index (χ3n) is 11.3. The number of aliphatic carboxylic acids is 1. The maximum absolute atomic E-state index is 11.4. The molecular weight excluding hydrogens is 420 g/mol. The molecule has 4 aliphatic rings. The molecule has 0 bridgehead atoms. The SMILES string of the molecule is CC(C(=O)O)[C@H](O)CC[C@@H](C)[C@H]1[C@H](O)C[C@H]2[C@@H]3[C@H](O)C[C@@H]4C[C@H](O)CC[C@]4(C)[C@H]3CC[C@]12C. The lowest BCUT2D eigenvalue weighted by atomic mass is 9.43. The van der Waals surface area contributed by atoms with Crippen molar-refractivity contribution in [3.8, 4) is 0 Å². The van der Waals surface area contributed by atoms with Gasteiger partial charge in [-0.05, 0) is 111 Å². The molecule has 0 amide bonds. The highest BCUT2D eigenvalue weighted by molar-refractivity contribution is 5.70. The first-order valence-electron chi connectivity index (χ1n) is 13.3. The molecule has 0 aliphatic heterocycles. The van der Waals surface area contributed by atoms with Gasteiger partial charge in [-0.1, -0.05) is 20.8 Å².